The predicted molar refractivity (Wildman–Crippen MR) is 77.3 cm³/mol. The number of fused-ring (bicyclic) bond motifs is 2. The van der Waals surface area contributed by atoms with Crippen LogP contribution in [0.1, 0.15) is 36.1 Å². The molecule has 1 aliphatic heterocycles. The molecule has 0 amide bonds. The van der Waals surface area contributed by atoms with E-state index >= 15 is 0 Å². The van der Waals surface area contributed by atoms with Crippen LogP contribution in [-0.4, -0.2) is 15.6 Å². The van der Waals surface area contributed by atoms with E-state index in [2.05, 4.69) is 28.9 Å². The van der Waals surface area contributed by atoms with E-state index in [1.807, 2.05) is 6.20 Å². The summed E-state index contributed by atoms with van der Waals surface area (Å²) in [4.78, 5) is 11.2. The van der Waals surface area contributed by atoms with Crippen LogP contribution in [0.5, 0.6) is 0 Å². The van der Waals surface area contributed by atoms with Gasteiger partial charge in [0.15, 0.2) is 0 Å². The molecular weight excluding hydrogens is 254 g/mol. The largest absolute Gasteiger partial charge is 0.480 e. The number of nitrogens with two attached hydrogens (primary N) is 1. The van der Waals surface area contributed by atoms with Gasteiger partial charge in [0.2, 0.25) is 0 Å². The van der Waals surface area contributed by atoms with E-state index in [-0.39, 0.29) is 0 Å². The van der Waals surface area contributed by atoms with Gasteiger partial charge in [0.1, 0.15) is 6.04 Å². The van der Waals surface area contributed by atoms with Crippen molar-refractivity contribution in [2.75, 3.05) is 0 Å². The maximum absolute atomic E-state index is 11.2. The number of nitrogens with one attached hydrogen (secondary N) is 1. The second-order valence-corrected chi connectivity index (χ2v) is 5.34. The van der Waals surface area contributed by atoms with Gasteiger partial charge < -0.3 is 20.7 Å². The first-order valence-corrected chi connectivity index (χ1v) is 6.95. The highest BCUT2D eigenvalue weighted by Crippen LogP contribution is 2.30. The molecule has 3 rings (SSSR count). The van der Waals surface area contributed by atoms with Crippen LogP contribution in [0.25, 0.3) is 10.9 Å². The summed E-state index contributed by atoms with van der Waals surface area (Å²) in [7, 11) is 0. The maximum atomic E-state index is 11.2. The second kappa shape index (κ2) is 4.92. The highest BCUT2D eigenvalue weighted by molar-refractivity contribution is 5.90. The third kappa shape index (κ3) is 1.99. The van der Waals surface area contributed by atoms with Crippen LogP contribution in [0, 0.1) is 0 Å². The average Bonchev–Trinajstić information content (AvgIpc) is 3.00. The van der Waals surface area contributed by atoms with Crippen molar-refractivity contribution in [1.82, 2.24) is 9.88 Å². The molecule has 1 unspecified atom stereocenters. The molecule has 5 heteroatoms. The van der Waals surface area contributed by atoms with E-state index < -0.39 is 12.0 Å². The molecule has 20 heavy (non-hydrogen) atoms. The van der Waals surface area contributed by atoms with E-state index in [0.717, 1.165) is 37.0 Å². The van der Waals surface area contributed by atoms with Crippen LogP contribution in [0.2, 0.25) is 0 Å². The van der Waals surface area contributed by atoms with Crippen molar-refractivity contribution in [2.24, 2.45) is 5.73 Å². The lowest BCUT2D eigenvalue weighted by atomic mass is 10.0. The zero-order valence-corrected chi connectivity index (χ0v) is 11.5. The fourth-order valence-electron chi connectivity index (χ4n) is 2.92. The van der Waals surface area contributed by atoms with Gasteiger partial charge in [0.05, 0.1) is 0 Å². The van der Waals surface area contributed by atoms with Crippen LogP contribution in [0.15, 0.2) is 18.3 Å². The third-order valence-corrected chi connectivity index (χ3v) is 3.93. The Labute approximate surface area is 117 Å². The first kappa shape index (κ1) is 13.1. The number of carboxylic acids is 1. The van der Waals surface area contributed by atoms with Gasteiger partial charge >= 0.3 is 5.97 Å². The number of hydrogen-bond acceptors (Lipinski definition) is 3. The van der Waals surface area contributed by atoms with Gasteiger partial charge in [-0.05, 0) is 29.7 Å². The molecule has 4 N–H and O–H groups in total. The monoisotopic (exact) mass is 273 g/mol. The van der Waals surface area contributed by atoms with E-state index in [4.69, 9.17) is 5.73 Å². The Morgan fingerprint density at radius 3 is 2.80 bits per heavy atom. The summed E-state index contributed by atoms with van der Waals surface area (Å²) in [5.41, 5.74) is 10.2. The van der Waals surface area contributed by atoms with Gasteiger partial charge in [-0.15, -0.1) is 0 Å². The van der Waals surface area contributed by atoms with E-state index in [1.165, 1.54) is 11.1 Å². The minimum Gasteiger partial charge on any atom is -0.480 e. The zero-order valence-electron chi connectivity index (χ0n) is 11.5. The Morgan fingerprint density at radius 2 is 2.15 bits per heavy atom. The van der Waals surface area contributed by atoms with Crippen LogP contribution in [0.3, 0.4) is 0 Å². The number of hydrogen-bond donors (Lipinski definition) is 3. The van der Waals surface area contributed by atoms with Gasteiger partial charge in [-0.1, -0.05) is 6.92 Å². The average molecular weight is 273 g/mol. The SMILES string of the molecule is CCCn1cc(C(N)C(=O)O)c2cc3c(cc21)CNC3. The fraction of sp³-hybridized carbons (Fsp3) is 0.400. The summed E-state index contributed by atoms with van der Waals surface area (Å²) >= 11 is 0. The van der Waals surface area contributed by atoms with Gasteiger partial charge in [-0.2, -0.15) is 0 Å². The van der Waals surface area contributed by atoms with Crippen molar-refractivity contribution in [2.45, 2.75) is 39.0 Å². The number of benzene rings is 1. The first-order chi connectivity index (χ1) is 9.61. The lowest BCUT2D eigenvalue weighted by molar-refractivity contribution is -0.138. The molecular formula is C15H19N3O2. The maximum Gasteiger partial charge on any atom is 0.325 e. The lowest BCUT2D eigenvalue weighted by Gasteiger charge is -2.06. The van der Waals surface area contributed by atoms with Crippen LogP contribution < -0.4 is 11.1 Å². The van der Waals surface area contributed by atoms with Crippen LogP contribution >= 0.6 is 0 Å². The summed E-state index contributed by atoms with van der Waals surface area (Å²) < 4.78 is 2.12. The lowest BCUT2D eigenvalue weighted by Crippen LogP contribution is -2.20. The number of rotatable bonds is 4. The number of aryl methyl sites for hydroxylation is 1. The normalized spacial score (nSPS) is 15.5. The smallest absolute Gasteiger partial charge is 0.325 e. The van der Waals surface area contributed by atoms with E-state index in [0.29, 0.717) is 5.56 Å². The molecule has 2 aromatic rings. The van der Waals surface area contributed by atoms with Crippen molar-refractivity contribution in [1.29, 1.82) is 0 Å². The Hall–Kier alpha value is -1.85. The topological polar surface area (TPSA) is 80.3 Å². The van der Waals surface area contributed by atoms with Gasteiger partial charge in [-0.25, -0.2) is 0 Å². The number of carbonyl (C=O) groups is 1. The third-order valence-electron chi connectivity index (χ3n) is 3.93. The van der Waals surface area contributed by atoms with Crippen molar-refractivity contribution < 1.29 is 9.90 Å². The Bertz CT molecular complexity index is 675. The number of carboxylic acid groups (broad SMARTS) is 1. The van der Waals surface area contributed by atoms with Gasteiger partial charge in [0.25, 0.3) is 0 Å². The molecule has 0 saturated carbocycles. The summed E-state index contributed by atoms with van der Waals surface area (Å²) in [6.45, 7) is 4.70. The number of nitrogens with zero attached hydrogens (tertiary/aromatic N) is 1. The summed E-state index contributed by atoms with van der Waals surface area (Å²) in [5.74, 6) is -0.987. The van der Waals surface area contributed by atoms with Crippen molar-refractivity contribution in [3.05, 3.63) is 35.0 Å². The molecule has 0 aliphatic carbocycles. The van der Waals surface area contributed by atoms with Gasteiger partial charge in [-0.3, -0.25) is 4.79 Å². The molecule has 5 nitrogen and oxygen atoms in total. The quantitative estimate of drug-likeness (QED) is 0.792. The van der Waals surface area contributed by atoms with Crippen LogP contribution in [-0.2, 0) is 24.4 Å². The molecule has 0 radical (unpaired) electrons. The number of aliphatic carboxylic acids is 1. The summed E-state index contributed by atoms with van der Waals surface area (Å²) in [6, 6.07) is 3.29. The Kier molecular flexibility index (Phi) is 3.23. The van der Waals surface area contributed by atoms with Crippen LogP contribution in [0.4, 0.5) is 0 Å². The molecule has 0 spiro atoms. The Morgan fingerprint density at radius 1 is 1.45 bits per heavy atom. The second-order valence-electron chi connectivity index (χ2n) is 5.34. The van der Waals surface area contributed by atoms with E-state index in [1.54, 1.807) is 0 Å². The summed E-state index contributed by atoms with van der Waals surface area (Å²) in [5, 5.41) is 13.5. The predicted octanol–water partition coefficient (Wildman–Crippen LogP) is 1.74. The molecule has 1 aromatic carbocycles. The molecule has 2 heterocycles. The molecule has 0 saturated heterocycles. The number of aromatic nitrogens is 1. The fourth-order valence-corrected chi connectivity index (χ4v) is 2.92. The highest BCUT2D eigenvalue weighted by Gasteiger charge is 2.22. The van der Waals surface area contributed by atoms with Crippen molar-refractivity contribution in [3.63, 3.8) is 0 Å². The Balaban J connectivity index is 2.22. The molecule has 1 aliphatic rings. The minimum absolute atomic E-state index is 0.704. The molecule has 106 valence electrons. The van der Waals surface area contributed by atoms with Gasteiger partial charge in [0, 0.05) is 42.3 Å². The first-order valence-electron chi connectivity index (χ1n) is 6.95. The highest BCUT2D eigenvalue weighted by atomic mass is 16.4. The van der Waals surface area contributed by atoms with E-state index in [9.17, 15) is 9.90 Å². The van der Waals surface area contributed by atoms with Crippen molar-refractivity contribution >= 4 is 16.9 Å². The molecule has 1 atom stereocenters. The molecule has 0 fully saturated rings. The molecule has 0 bridgehead atoms. The zero-order chi connectivity index (χ0) is 14.3. The molecule has 1 aromatic heterocycles. The summed E-state index contributed by atoms with van der Waals surface area (Å²) in [6.07, 6.45) is 2.90. The minimum atomic E-state index is -0.987. The standard InChI is InChI=1S/C15H19N3O2/c1-2-3-18-8-12(14(16)15(19)20)11-4-9-6-17-7-10(9)5-13(11)18/h4-5,8,14,17H,2-3,6-7,16H2,1H3,(H,19,20). The van der Waals surface area contributed by atoms with Crippen molar-refractivity contribution in [3.8, 4) is 0 Å².